The molecule has 5 aromatic rings. The molecule has 0 saturated carbocycles. The fourth-order valence-corrected chi connectivity index (χ4v) is 3.10. The Morgan fingerprint density at radius 1 is 0.731 bits per heavy atom. The lowest BCUT2D eigenvalue weighted by Crippen LogP contribution is -1.98. The minimum atomic E-state index is 0.695. The van der Waals surface area contributed by atoms with Gasteiger partial charge in [-0.1, -0.05) is 48.5 Å². The highest BCUT2D eigenvalue weighted by Crippen LogP contribution is 2.25. The van der Waals surface area contributed by atoms with Crippen LogP contribution in [0.15, 0.2) is 85.5 Å². The SMILES string of the molecule is c1ccc(Nc2ncnc3c2ncn3-c2ccc3ccccc3c2)cc1. The van der Waals surface area contributed by atoms with E-state index < -0.39 is 0 Å². The summed E-state index contributed by atoms with van der Waals surface area (Å²) in [5.41, 5.74) is 3.50. The first-order valence-electron chi connectivity index (χ1n) is 8.38. The van der Waals surface area contributed by atoms with Gasteiger partial charge in [-0.3, -0.25) is 4.57 Å². The van der Waals surface area contributed by atoms with Crippen molar-refractivity contribution in [1.29, 1.82) is 0 Å². The second-order valence-electron chi connectivity index (χ2n) is 6.03. The smallest absolute Gasteiger partial charge is 0.170 e. The molecule has 5 heteroatoms. The van der Waals surface area contributed by atoms with E-state index in [9.17, 15) is 0 Å². The molecule has 0 aliphatic heterocycles. The van der Waals surface area contributed by atoms with E-state index in [1.807, 2.05) is 47.0 Å². The lowest BCUT2D eigenvalue weighted by Gasteiger charge is -2.07. The summed E-state index contributed by atoms with van der Waals surface area (Å²) in [4.78, 5) is 13.4. The average molecular weight is 337 g/mol. The molecule has 2 aromatic heterocycles. The molecule has 0 amide bonds. The number of aromatic nitrogens is 4. The number of nitrogens with zero attached hydrogens (tertiary/aromatic N) is 4. The first-order valence-corrected chi connectivity index (χ1v) is 8.38. The summed E-state index contributed by atoms with van der Waals surface area (Å²) in [6.07, 6.45) is 3.35. The molecule has 1 N–H and O–H groups in total. The molecule has 0 radical (unpaired) electrons. The molecule has 26 heavy (non-hydrogen) atoms. The van der Waals surface area contributed by atoms with Crippen molar-refractivity contribution in [1.82, 2.24) is 19.5 Å². The lowest BCUT2D eigenvalue weighted by atomic mass is 10.1. The fourth-order valence-electron chi connectivity index (χ4n) is 3.10. The summed E-state index contributed by atoms with van der Waals surface area (Å²) < 4.78 is 1.99. The molecule has 0 spiro atoms. The Bertz CT molecular complexity index is 1210. The Hall–Kier alpha value is -3.73. The lowest BCUT2D eigenvalue weighted by molar-refractivity contribution is 1.06. The van der Waals surface area contributed by atoms with E-state index >= 15 is 0 Å². The zero-order valence-corrected chi connectivity index (χ0v) is 13.9. The number of anilines is 2. The summed E-state index contributed by atoms with van der Waals surface area (Å²) in [5, 5.41) is 5.71. The van der Waals surface area contributed by atoms with Gasteiger partial charge >= 0.3 is 0 Å². The van der Waals surface area contributed by atoms with Gasteiger partial charge in [0, 0.05) is 11.4 Å². The van der Waals surface area contributed by atoms with E-state index in [-0.39, 0.29) is 0 Å². The fraction of sp³-hybridized carbons (Fsp3) is 0. The maximum atomic E-state index is 4.55. The van der Waals surface area contributed by atoms with Gasteiger partial charge in [-0.15, -0.1) is 0 Å². The van der Waals surface area contributed by atoms with E-state index in [1.165, 1.54) is 10.8 Å². The molecule has 0 aliphatic carbocycles. The molecule has 0 saturated heterocycles. The van der Waals surface area contributed by atoms with Crippen LogP contribution >= 0.6 is 0 Å². The second kappa shape index (κ2) is 5.97. The molecule has 2 heterocycles. The van der Waals surface area contributed by atoms with Gasteiger partial charge in [0.25, 0.3) is 0 Å². The molecular weight excluding hydrogens is 322 g/mol. The number of fused-ring (bicyclic) bond motifs is 2. The predicted octanol–water partition coefficient (Wildman–Crippen LogP) is 4.71. The van der Waals surface area contributed by atoms with Crippen LogP contribution in [-0.4, -0.2) is 19.5 Å². The zero-order valence-electron chi connectivity index (χ0n) is 13.9. The number of para-hydroxylation sites is 1. The van der Waals surface area contributed by atoms with E-state index in [0.29, 0.717) is 5.82 Å². The maximum absolute atomic E-state index is 4.55. The summed E-state index contributed by atoms with van der Waals surface area (Å²) in [6, 6.07) is 24.6. The molecule has 0 fully saturated rings. The zero-order chi connectivity index (χ0) is 17.3. The van der Waals surface area contributed by atoms with Crippen molar-refractivity contribution < 1.29 is 0 Å². The van der Waals surface area contributed by atoms with E-state index in [0.717, 1.165) is 22.5 Å². The summed E-state index contributed by atoms with van der Waals surface area (Å²) in [5.74, 6) is 0.695. The van der Waals surface area contributed by atoms with E-state index in [4.69, 9.17) is 0 Å². The highest BCUT2D eigenvalue weighted by molar-refractivity contribution is 5.88. The molecule has 124 valence electrons. The van der Waals surface area contributed by atoms with Crippen molar-refractivity contribution in [3.05, 3.63) is 85.5 Å². The van der Waals surface area contributed by atoms with Gasteiger partial charge in [0.2, 0.25) is 0 Å². The standard InChI is InChI=1S/C21H15N5/c1-2-8-17(9-3-1)25-20-19-21(23-13-22-20)26(14-24-19)18-11-10-15-6-4-5-7-16(15)12-18/h1-14H,(H,22,23,25). The topological polar surface area (TPSA) is 55.6 Å². The Balaban J connectivity index is 1.62. The molecule has 0 bridgehead atoms. The van der Waals surface area contributed by atoms with Crippen molar-refractivity contribution in [2.45, 2.75) is 0 Å². The molecule has 5 nitrogen and oxygen atoms in total. The molecule has 0 unspecified atom stereocenters. The Labute approximate surface area is 150 Å². The highest BCUT2D eigenvalue weighted by atomic mass is 15.1. The van der Waals surface area contributed by atoms with Crippen LogP contribution in [0.3, 0.4) is 0 Å². The quantitative estimate of drug-likeness (QED) is 0.518. The Kier molecular flexibility index (Phi) is 3.35. The summed E-state index contributed by atoms with van der Waals surface area (Å²) in [6.45, 7) is 0. The number of benzene rings is 3. The average Bonchev–Trinajstić information content (AvgIpc) is 3.14. The maximum Gasteiger partial charge on any atom is 0.170 e. The van der Waals surface area contributed by atoms with Gasteiger partial charge in [-0.25, -0.2) is 15.0 Å². The van der Waals surface area contributed by atoms with Crippen molar-refractivity contribution in [2.24, 2.45) is 0 Å². The van der Waals surface area contributed by atoms with Crippen LogP contribution in [0, 0.1) is 0 Å². The van der Waals surface area contributed by atoms with E-state index in [1.54, 1.807) is 12.7 Å². The number of hydrogen-bond donors (Lipinski definition) is 1. The molecule has 3 aromatic carbocycles. The summed E-state index contributed by atoms with van der Waals surface area (Å²) in [7, 11) is 0. The van der Waals surface area contributed by atoms with Crippen LogP contribution in [0.1, 0.15) is 0 Å². The third-order valence-corrected chi connectivity index (χ3v) is 4.38. The Morgan fingerprint density at radius 3 is 2.42 bits per heavy atom. The van der Waals surface area contributed by atoms with Crippen molar-refractivity contribution in [2.75, 3.05) is 5.32 Å². The van der Waals surface area contributed by atoms with Crippen LogP contribution in [0.5, 0.6) is 0 Å². The second-order valence-corrected chi connectivity index (χ2v) is 6.03. The third kappa shape index (κ3) is 2.46. The minimum Gasteiger partial charge on any atom is -0.338 e. The monoisotopic (exact) mass is 337 g/mol. The van der Waals surface area contributed by atoms with Gasteiger partial charge in [0.1, 0.15) is 12.7 Å². The number of hydrogen-bond acceptors (Lipinski definition) is 4. The van der Waals surface area contributed by atoms with Crippen LogP contribution in [0.2, 0.25) is 0 Å². The van der Waals surface area contributed by atoms with Crippen molar-refractivity contribution >= 4 is 33.4 Å². The van der Waals surface area contributed by atoms with Crippen LogP contribution in [0.25, 0.3) is 27.6 Å². The number of imidazole rings is 1. The minimum absolute atomic E-state index is 0.695. The molecular formula is C21H15N5. The van der Waals surface area contributed by atoms with Crippen molar-refractivity contribution in [3.63, 3.8) is 0 Å². The normalized spacial score (nSPS) is 11.1. The van der Waals surface area contributed by atoms with Gasteiger partial charge in [0.05, 0.1) is 0 Å². The third-order valence-electron chi connectivity index (χ3n) is 4.38. The summed E-state index contributed by atoms with van der Waals surface area (Å²) >= 11 is 0. The molecule has 0 atom stereocenters. The van der Waals surface area contributed by atoms with Crippen LogP contribution in [-0.2, 0) is 0 Å². The predicted molar refractivity (Wildman–Crippen MR) is 104 cm³/mol. The highest BCUT2D eigenvalue weighted by Gasteiger charge is 2.11. The number of nitrogens with one attached hydrogen (secondary N) is 1. The molecule has 0 aliphatic rings. The molecule has 5 rings (SSSR count). The van der Waals surface area contributed by atoms with Crippen LogP contribution in [0.4, 0.5) is 11.5 Å². The largest absolute Gasteiger partial charge is 0.338 e. The van der Waals surface area contributed by atoms with Crippen molar-refractivity contribution in [3.8, 4) is 5.69 Å². The van der Waals surface area contributed by atoms with Gasteiger partial charge in [-0.05, 0) is 35.0 Å². The van der Waals surface area contributed by atoms with Gasteiger partial charge in [0.15, 0.2) is 17.0 Å². The Morgan fingerprint density at radius 2 is 1.54 bits per heavy atom. The van der Waals surface area contributed by atoms with E-state index in [2.05, 4.69) is 50.6 Å². The van der Waals surface area contributed by atoms with Gasteiger partial charge in [-0.2, -0.15) is 0 Å². The first-order chi connectivity index (χ1) is 12.9. The van der Waals surface area contributed by atoms with Gasteiger partial charge < -0.3 is 5.32 Å². The number of rotatable bonds is 3. The van der Waals surface area contributed by atoms with Crippen LogP contribution < -0.4 is 5.32 Å². The first kappa shape index (κ1) is 14.6.